The molecule has 0 aliphatic heterocycles. The third-order valence-electron chi connectivity index (χ3n) is 4.10. The average molecular weight is 327 g/mol. The lowest BCUT2D eigenvalue weighted by molar-refractivity contribution is 0.0927. The summed E-state index contributed by atoms with van der Waals surface area (Å²) < 4.78 is 6.83. The van der Waals surface area contributed by atoms with Gasteiger partial charge in [0, 0.05) is 12.1 Å². The van der Waals surface area contributed by atoms with Crippen molar-refractivity contribution >= 4 is 5.91 Å². The van der Waals surface area contributed by atoms with Crippen LogP contribution in [-0.4, -0.2) is 28.3 Å². The molecule has 6 heteroatoms. The smallest absolute Gasteiger partial charge is 0.271 e. The summed E-state index contributed by atoms with van der Waals surface area (Å²) in [5.74, 6) is 1.06. The highest BCUT2D eigenvalue weighted by Crippen LogP contribution is 2.32. The summed E-state index contributed by atoms with van der Waals surface area (Å²) in [5, 5.41) is 7.09. The topological polar surface area (TPSA) is 73.2 Å². The second-order valence-electron chi connectivity index (χ2n) is 6.04. The van der Waals surface area contributed by atoms with E-state index in [9.17, 15) is 9.59 Å². The van der Waals surface area contributed by atoms with Gasteiger partial charge in [-0.2, -0.15) is 5.10 Å². The maximum Gasteiger partial charge on any atom is 0.271 e. The molecule has 1 atom stereocenters. The normalized spacial score (nSPS) is 14.9. The van der Waals surface area contributed by atoms with E-state index >= 15 is 0 Å². The van der Waals surface area contributed by atoms with Crippen LogP contribution in [0.4, 0.5) is 0 Å². The Morgan fingerprint density at radius 1 is 1.29 bits per heavy atom. The Hall–Kier alpha value is -2.63. The predicted molar refractivity (Wildman–Crippen MR) is 90.1 cm³/mol. The Labute approximate surface area is 140 Å². The molecule has 0 saturated heterocycles. The van der Waals surface area contributed by atoms with Crippen molar-refractivity contribution < 1.29 is 9.53 Å². The summed E-state index contributed by atoms with van der Waals surface area (Å²) in [6.45, 7) is 2.59. The molecule has 3 rings (SSSR count). The first-order valence-electron chi connectivity index (χ1n) is 8.20. The summed E-state index contributed by atoms with van der Waals surface area (Å²) in [5.41, 5.74) is 0.000245. The van der Waals surface area contributed by atoms with Gasteiger partial charge in [0.25, 0.3) is 11.5 Å². The molecule has 1 amide bonds. The van der Waals surface area contributed by atoms with Crippen molar-refractivity contribution in [2.45, 2.75) is 32.4 Å². The second kappa shape index (κ2) is 7.29. The molecular weight excluding hydrogens is 306 g/mol. The molecule has 1 aliphatic carbocycles. The number of hydrogen-bond acceptors (Lipinski definition) is 4. The minimum atomic E-state index is -0.251. The minimum Gasteiger partial charge on any atom is -0.492 e. The molecule has 126 valence electrons. The molecule has 6 nitrogen and oxygen atoms in total. The third-order valence-corrected chi connectivity index (χ3v) is 4.10. The zero-order valence-electron chi connectivity index (χ0n) is 13.6. The number of hydrogen-bond donors (Lipinski definition) is 1. The molecule has 0 spiro atoms. The zero-order chi connectivity index (χ0) is 16.9. The summed E-state index contributed by atoms with van der Waals surface area (Å²) in [6.07, 6.45) is 2.32. The van der Waals surface area contributed by atoms with Gasteiger partial charge in [-0.1, -0.05) is 18.2 Å². The molecule has 1 heterocycles. The number of para-hydroxylation sites is 1. The lowest BCUT2D eigenvalue weighted by atomic mass is 10.2. The first-order valence-corrected chi connectivity index (χ1v) is 8.20. The van der Waals surface area contributed by atoms with Crippen LogP contribution in [0.15, 0.2) is 47.3 Å². The molecule has 24 heavy (non-hydrogen) atoms. The Bertz CT molecular complexity index is 754. The largest absolute Gasteiger partial charge is 0.492 e. The zero-order valence-corrected chi connectivity index (χ0v) is 13.6. The number of benzene rings is 1. The summed E-state index contributed by atoms with van der Waals surface area (Å²) >= 11 is 0. The van der Waals surface area contributed by atoms with Gasteiger partial charge in [-0.05, 0) is 43.9 Å². The van der Waals surface area contributed by atoms with E-state index in [2.05, 4.69) is 10.4 Å². The first kappa shape index (κ1) is 16.2. The maximum atomic E-state index is 12.2. The molecule has 1 unspecified atom stereocenters. The van der Waals surface area contributed by atoms with Crippen molar-refractivity contribution in [3.8, 4) is 5.75 Å². The van der Waals surface area contributed by atoms with Crippen molar-refractivity contribution in [2.24, 2.45) is 5.92 Å². The van der Waals surface area contributed by atoms with E-state index < -0.39 is 0 Å². The van der Waals surface area contributed by atoms with Crippen LogP contribution in [0, 0.1) is 5.92 Å². The third kappa shape index (κ3) is 4.22. The molecule has 1 aromatic carbocycles. The van der Waals surface area contributed by atoms with Gasteiger partial charge in [0.2, 0.25) is 0 Å². The van der Waals surface area contributed by atoms with E-state index in [1.54, 1.807) is 0 Å². The lowest BCUT2D eigenvalue weighted by Gasteiger charge is -2.13. The SMILES string of the molecule is CC(NC(=O)c1ccc(=O)n(CCOc2ccccc2)n1)C1CC1. The lowest BCUT2D eigenvalue weighted by Crippen LogP contribution is -2.36. The molecule has 1 saturated carbocycles. The van der Waals surface area contributed by atoms with Gasteiger partial charge in [0.1, 0.15) is 18.1 Å². The van der Waals surface area contributed by atoms with Crippen molar-refractivity contribution in [3.63, 3.8) is 0 Å². The van der Waals surface area contributed by atoms with Gasteiger partial charge < -0.3 is 10.1 Å². The van der Waals surface area contributed by atoms with Crippen molar-refractivity contribution in [3.05, 3.63) is 58.5 Å². The number of aromatic nitrogens is 2. The number of carbonyl (C=O) groups is 1. The predicted octanol–water partition coefficient (Wildman–Crippen LogP) is 1.85. The van der Waals surface area contributed by atoms with Gasteiger partial charge in [-0.25, -0.2) is 4.68 Å². The fourth-order valence-corrected chi connectivity index (χ4v) is 2.49. The van der Waals surface area contributed by atoms with E-state index in [0.29, 0.717) is 12.5 Å². The van der Waals surface area contributed by atoms with Crippen molar-refractivity contribution in [1.29, 1.82) is 0 Å². The van der Waals surface area contributed by atoms with Crippen LogP contribution >= 0.6 is 0 Å². The summed E-state index contributed by atoms with van der Waals surface area (Å²) in [6, 6.07) is 12.3. The molecule has 0 radical (unpaired) electrons. The number of rotatable bonds is 7. The highest BCUT2D eigenvalue weighted by molar-refractivity contribution is 5.92. The van der Waals surface area contributed by atoms with E-state index in [0.717, 1.165) is 18.6 Å². The summed E-state index contributed by atoms with van der Waals surface area (Å²) in [7, 11) is 0. The number of nitrogens with zero attached hydrogens (tertiary/aromatic N) is 2. The Morgan fingerprint density at radius 3 is 2.75 bits per heavy atom. The quantitative estimate of drug-likeness (QED) is 0.842. The molecular formula is C18H21N3O3. The number of amides is 1. The van der Waals surface area contributed by atoms with Gasteiger partial charge >= 0.3 is 0 Å². The summed E-state index contributed by atoms with van der Waals surface area (Å²) in [4.78, 5) is 24.1. The maximum absolute atomic E-state index is 12.2. The Balaban J connectivity index is 1.60. The second-order valence-corrected chi connectivity index (χ2v) is 6.04. The molecule has 1 N–H and O–H groups in total. The van der Waals surface area contributed by atoms with E-state index in [1.807, 2.05) is 37.3 Å². The minimum absolute atomic E-state index is 0.140. The van der Waals surface area contributed by atoms with Gasteiger partial charge in [-0.15, -0.1) is 0 Å². The first-order chi connectivity index (χ1) is 11.6. The van der Waals surface area contributed by atoms with Crippen LogP contribution in [0.5, 0.6) is 5.75 Å². The molecule has 1 aliphatic rings. The molecule has 1 fully saturated rings. The molecule has 1 aromatic heterocycles. The van der Waals surface area contributed by atoms with Crippen LogP contribution in [0.3, 0.4) is 0 Å². The molecule has 2 aromatic rings. The van der Waals surface area contributed by atoms with Gasteiger partial charge in [0.15, 0.2) is 0 Å². The number of carbonyl (C=O) groups excluding carboxylic acids is 1. The fourth-order valence-electron chi connectivity index (χ4n) is 2.49. The average Bonchev–Trinajstić information content (AvgIpc) is 3.42. The highest BCUT2D eigenvalue weighted by atomic mass is 16.5. The van der Waals surface area contributed by atoms with E-state index in [4.69, 9.17) is 4.74 Å². The fraction of sp³-hybridized carbons (Fsp3) is 0.389. The van der Waals surface area contributed by atoms with Crippen LogP contribution < -0.4 is 15.6 Å². The monoisotopic (exact) mass is 327 g/mol. The molecule has 0 bridgehead atoms. The number of ether oxygens (including phenoxy) is 1. The van der Waals surface area contributed by atoms with Crippen LogP contribution in [0.2, 0.25) is 0 Å². The Kier molecular flexibility index (Phi) is 4.93. The standard InChI is InChI=1S/C18H21N3O3/c1-13(14-7-8-14)19-18(23)16-9-10-17(22)21(20-16)11-12-24-15-5-3-2-4-6-15/h2-6,9-10,13-14H,7-8,11-12H2,1H3,(H,19,23). The van der Waals surface area contributed by atoms with E-state index in [1.165, 1.54) is 16.8 Å². The van der Waals surface area contributed by atoms with Gasteiger partial charge in [0.05, 0.1) is 6.54 Å². The number of nitrogens with one attached hydrogen (secondary N) is 1. The Morgan fingerprint density at radius 2 is 2.04 bits per heavy atom. The van der Waals surface area contributed by atoms with E-state index in [-0.39, 0.29) is 29.7 Å². The van der Waals surface area contributed by atoms with Crippen LogP contribution in [0.25, 0.3) is 0 Å². The van der Waals surface area contributed by atoms with Gasteiger partial charge in [-0.3, -0.25) is 9.59 Å². The van der Waals surface area contributed by atoms with Crippen LogP contribution in [-0.2, 0) is 6.54 Å². The van der Waals surface area contributed by atoms with Crippen LogP contribution in [0.1, 0.15) is 30.3 Å². The van der Waals surface area contributed by atoms with Crippen molar-refractivity contribution in [2.75, 3.05) is 6.61 Å². The van der Waals surface area contributed by atoms with Crippen molar-refractivity contribution in [1.82, 2.24) is 15.1 Å². The highest BCUT2D eigenvalue weighted by Gasteiger charge is 2.29.